The van der Waals surface area contributed by atoms with Crippen molar-refractivity contribution in [3.8, 4) is 0 Å². The average Bonchev–Trinajstić information content (AvgIpc) is 3.07. The Morgan fingerprint density at radius 1 is 1.24 bits per heavy atom. The quantitative estimate of drug-likeness (QED) is 0.821. The van der Waals surface area contributed by atoms with Crippen molar-refractivity contribution in [1.82, 2.24) is 9.80 Å². The third-order valence-electron chi connectivity index (χ3n) is 4.08. The van der Waals surface area contributed by atoms with Crippen LogP contribution in [0.1, 0.15) is 21.9 Å². The fourth-order valence-corrected chi connectivity index (χ4v) is 3.19. The zero-order valence-electron chi connectivity index (χ0n) is 13.9. The maximum Gasteiger partial charge on any atom is 0.290 e. The summed E-state index contributed by atoms with van der Waals surface area (Å²) in [4.78, 5) is 27.9. The van der Waals surface area contributed by atoms with Gasteiger partial charge in [-0.3, -0.25) is 9.59 Å². The molecule has 3 rings (SSSR count). The summed E-state index contributed by atoms with van der Waals surface area (Å²) in [7, 11) is 0. The van der Waals surface area contributed by atoms with E-state index < -0.39 is 0 Å². The minimum Gasteiger partial charge on any atom is -0.455 e. The Labute approximate surface area is 149 Å². The SMILES string of the molecule is CSCc1ccc(C(=O)N2CCN(Cc3ccccc3F)C(=O)C2)o1. The Morgan fingerprint density at radius 2 is 2.04 bits per heavy atom. The minimum atomic E-state index is -0.328. The van der Waals surface area contributed by atoms with Gasteiger partial charge < -0.3 is 14.2 Å². The number of piperazine rings is 1. The molecule has 5 nitrogen and oxygen atoms in total. The van der Waals surface area contributed by atoms with Gasteiger partial charge in [-0.15, -0.1) is 0 Å². The molecule has 1 aromatic carbocycles. The predicted octanol–water partition coefficient (Wildman–Crippen LogP) is 2.77. The van der Waals surface area contributed by atoms with Gasteiger partial charge in [0.15, 0.2) is 5.76 Å². The van der Waals surface area contributed by atoms with Gasteiger partial charge in [-0.05, 0) is 24.5 Å². The van der Waals surface area contributed by atoms with Crippen LogP contribution in [-0.4, -0.2) is 47.5 Å². The molecule has 0 N–H and O–H groups in total. The Hall–Kier alpha value is -2.28. The summed E-state index contributed by atoms with van der Waals surface area (Å²) in [5.74, 6) is 0.873. The number of thioether (sulfide) groups is 1. The van der Waals surface area contributed by atoms with Crippen molar-refractivity contribution in [2.75, 3.05) is 25.9 Å². The molecule has 0 aliphatic carbocycles. The smallest absolute Gasteiger partial charge is 0.290 e. The molecule has 1 saturated heterocycles. The monoisotopic (exact) mass is 362 g/mol. The van der Waals surface area contributed by atoms with Crippen LogP contribution in [0.15, 0.2) is 40.8 Å². The number of furan rings is 1. The van der Waals surface area contributed by atoms with Crippen molar-refractivity contribution in [3.05, 3.63) is 59.3 Å². The van der Waals surface area contributed by atoms with E-state index in [1.54, 1.807) is 47.0 Å². The van der Waals surface area contributed by atoms with Crippen LogP contribution >= 0.6 is 11.8 Å². The van der Waals surface area contributed by atoms with E-state index in [0.29, 0.717) is 24.4 Å². The van der Waals surface area contributed by atoms with E-state index >= 15 is 0 Å². The fourth-order valence-electron chi connectivity index (χ4n) is 2.75. The summed E-state index contributed by atoms with van der Waals surface area (Å²) < 4.78 is 19.3. The number of carbonyl (C=O) groups excluding carboxylic acids is 2. The molecule has 25 heavy (non-hydrogen) atoms. The van der Waals surface area contributed by atoms with Crippen molar-refractivity contribution >= 4 is 23.6 Å². The molecule has 0 bridgehead atoms. The summed E-state index contributed by atoms with van der Waals surface area (Å²) in [5.41, 5.74) is 0.475. The van der Waals surface area contributed by atoms with E-state index in [4.69, 9.17) is 4.42 Å². The molecule has 0 radical (unpaired) electrons. The van der Waals surface area contributed by atoms with Crippen molar-refractivity contribution in [1.29, 1.82) is 0 Å². The van der Waals surface area contributed by atoms with Crippen molar-refractivity contribution in [3.63, 3.8) is 0 Å². The number of rotatable bonds is 5. The first-order valence-corrected chi connectivity index (χ1v) is 9.36. The van der Waals surface area contributed by atoms with Crippen LogP contribution in [0.4, 0.5) is 4.39 Å². The maximum absolute atomic E-state index is 13.7. The first-order valence-electron chi connectivity index (χ1n) is 7.96. The molecule has 7 heteroatoms. The Bertz CT molecular complexity index is 777. The van der Waals surface area contributed by atoms with Crippen molar-refractivity contribution < 1.29 is 18.4 Å². The highest BCUT2D eigenvalue weighted by atomic mass is 32.2. The lowest BCUT2D eigenvalue weighted by Gasteiger charge is -2.34. The second kappa shape index (κ2) is 7.74. The molecule has 1 aliphatic rings. The lowest BCUT2D eigenvalue weighted by atomic mass is 10.2. The van der Waals surface area contributed by atoms with Gasteiger partial charge in [0.25, 0.3) is 5.91 Å². The van der Waals surface area contributed by atoms with E-state index in [1.807, 2.05) is 6.26 Å². The Morgan fingerprint density at radius 3 is 2.76 bits per heavy atom. The number of halogens is 1. The fraction of sp³-hybridized carbons (Fsp3) is 0.333. The van der Waals surface area contributed by atoms with Gasteiger partial charge in [0.1, 0.15) is 18.1 Å². The summed E-state index contributed by atoms with van der Waals surface area (Å²) in [6.45, 7) is 0.965. The molecule has 0 spiro atoms. The summed E-state index contributed by atoms with van der Waals surface area (Å²) >= 11 is 1.61. The standard InChI is InChI=1S/C18H19FN2O3S/c1-25-12-14-6-7-16(24-14)18(23)21-9-8-20(17(22)11-21)10-13-4-2-3-5-15(13)19/h2-7H,8-12H2,1H3. The molecule has 1 aliphatic heterocycles. The number of benzene rings is 1. The van der Waals surface area contributed by atoms with Crippen LogP contribution in [0.2, 0.25) is 0 Å². The highest BCUT2D eigenvalue weighted by molar-refractivity contribution is 7.97. The molecule has 2 aromatic rings. The molecule has 2 amide bonds. The topological polar surface area (TPSA) is 53.8 Å². The Kier molecular flexibility index (Phi) is 5.43. The molecule has 0 atom stereocenters. The van der Waals surface area contributed by atoms with Gasteiger partial charge in [0, 0.05) is 25.2 Å². The zero-order valence-corrected chi connectivity index (χ0v) is 14.7. The summed E-state index contributed by atoms with van der Waals surface area (Å²) in [6.07, 6.45) is 1.96. The molecule has 2 heterocycles. The lowest BCUT2D eigenvalue weighted by molar-refractivity contribution is -0.135. The van der Waals surface area contributed by atoms with Crippen LogP contribution in [0.25, 0.3) is 0 Å². The molecule has 1 aromatic heterocycles. The van der Waals surface area contributed by atoms with Gasteiger partial charge in [0.2, 0.25) is 5.91 Å². The molecule has 1 fully saturated rings. The molecular weight excluding hydrogens is 343 g/mol. The normalized spacial score (nSPS) is 14.9. The van der Waals surface area contributed by atoms with Gasteiger partial charge in [-0.2, -0.15) is 11.8 Å². The van der Waals surface area contributed by atoms with Gasteiger partial charge in [-0.1, -0.05) is 18.2 Å². The van der Waals surface area contributed by atoms with Crippen LogP contribution in [-0.2, 0) is 17.1 Å². The largest absolute Gasteiger partial charge is 0.455 e. The van der Waals surface area contributed by atoms with Crippen LogP contribution in [0.5, 0.6) is 0 Å². The number of carbonyl (C=O) groups is 2. The molecule has 132 valence electrons. The van der Waals surface area contributed by atoms with Crippen LogP contribution < -0.4 is 0 Å². The van der Waals surface area contributed by atoms with E-state index in [9.17, 15) is 14.0 Å². The van der Waals surface area contributed by atoms with Gasteiger partial charge in [-0.25, -0.2) is 4.39 Å². The second-order valence-electron chi connectivity index (χ2n) is 5.83. The summed E-state index contributed by atoms with van der Waals surface area (Å²) in [6, 6.07) is 9.82. The average molecular weight is 362 g/mol. The van der Waals surface area contributed by atoms with Crippen LogP contribution in [0.3, 0.4) is 0 Å². The van der Waals surface area contributed by atoms with Crippen molar-refractivity contribution in [2.24, 2.45) is 0 Å². The lowest BCUT2D eigenvalue weighted by Crippen LogP contribution is -2.51. The number of amides is 2. The zero-order chi connectivity index (χ0) is 17.8. The van der Waals surface area contributed by atoms with Gasteiger partial charge in [0.05, 0.1) is 5.75 Å². The van der Waals surface area contributed by atoms with Crippen molar-refractivity contribution in [2.45, 2.75) is 12.3 Å². The van der Waals surface area contributed by atoms with Crippen LogP contribution in [0, 0.1) is 5.82 Å². The predicted molar refractivity (Wildman–Crippen MR) is 93.6 cm³/mol. The van der Waals surface area contributed by atoms with E-state index in [0.717, 1.165) is 5.76 Å². The van der Waals surface area contributed by atoms with E-state index in [1.165, 1.54) is 11.0 Å². The second-order valence-corrected chi connectivity index (χ2v) is 6.70. The maximum atomic E-state index is 13.7. The minimum absolute atomic E-state index is 0.0220. The Balaban J connectivity index is 1.62. The molecule has 0 saturated carbocycles. The third kappa shape index (κ3) is 4.04. The van der Waals surface area contributed by atoms with E-state index in [-0.39, 0.29) is 36.5 Å². The number of hydrogen-bond donors (Lipinski definition) is 0. The molecule has 0 unspecified atom stereocenters. The summed E-state index contributed by atoms with van der Waals surface area (Å²) in [5, 5.41) is 0. The molecular formula is C18H19FN2O3S. The van der Waals surface area contributed by atoms with E-state index in [2.05, 4.69) is 0 Å². The first-order chi connectivity index (χ1) is 12.1. The number of hydrogen-bond acceptors (Lipinski definition) is 4. The first kappa shape index (κ1) is 17.5. The highest BCUT2D eigenvalue weighted by Gasteiger charge is 2.29. The number of nitrogens with zero attached hydrogens (tertiary/aromatic N) is 2. The highest BCUT2D eigenvalue weighted by Crippen LogP contribution is 2.17. The van der Waals surface area contributed by atoms with Gasteiger partial charge >= 0.3 is 0 Å². The third-order valence-corrected chi connectivity index (χ3v) is 4.66.